The molecule has 150 valence electrons. The molecule has 1 rings (SSSR count). The summed E-state index contributed by atoms with van der Waals surface area (Å²) in [6, 6.07) is 0. The van der Waals surface area contributed by atoms with Crippen molar-refractivity contribution in [1.82, 2.24) is 10.2 Å². The minimum atomic E-state index is -0.402. The second-order valence-corrected chi connectivity index (χ2v) is 5.42. The molecule has 0 saturated heterocycles. The van der Waals surface area contributed by atoms with Gasteiger partial charge < -0.3 is 24.5 Å². The summed E-state index contributed by atoms with van der Waals surface area (Å²) in [6.45, 7) is 4.48. The van der Waals surface area contributed by atoms with Crippen molar-refractivity contribution in [3.05, 3.63) is 12.2 Å². The van der Waals surface area contributed by atoms with Crippen molar-refractivity contribution in [3.63, 3.8) is 0 Å². The molecule has 9 heteroatoms. The number of carbonyl (C=O) groups is 7. The Balaban J connectivity index is 0. The van der Waals surface area contributed by atoms with Crippen LogP contribution in [0.2, 0.25) is 0 Å². The fourth-order valence-corrected chi connectivity index (χ4v) is 2.35. The van der Waals surface area contributed by atoms with Crippen LogP contribution in [-0.4, -0.2) is 61.9 Å². The van der Waals surface area contributed by atoms with E-state index in [1.807, 2.05) is 13.6 Å². The number of amides is 3. The van der Waals surface area contributed by atoms with Crippen LogP contribution in [0.1, 0.15) is 38.5 Å². The number of imide groups is 1. The van der Waals surface area contributed by atoms with Crippen LogP contribution in [0.25, 0.3) is 0 Å². The highest BCUT2D eigenvalue weighted by molar-refractivity contribution is 6.13. The number of nitrogens with zero attached hydrogens (tertiary/aromatic N) is 1. The van der Waals surface area contributed by atoms with Gasteiger partial charge in [0, 0.05) is 44.5 Å². The van der Waals surface area contributed by atoms with Crippen LogP contribution in [0, 0.1) is 5.92 Å². The predicted octanol–water partition coefficient (Wildman–Crippen LogP) is 0.0124. The van der Waals surface area contributed by atoms with Gasteiger partial charge in [-0.25, -0.2) is 0 Å². The van der Waals surface area contributed by atoms with Gasteiger partial charge in [-0.1, -0.05) is 0 Å². The lowest BCUT2D eigenvalue weighted by Crippen LogP contribution is -2.36. The van der Waals surface area contributed by atoms with Gasteiger partial charge in [0.15, 0.2) is 0 Å². The van der Waals surface area contributed by atoms with Crippen LogP contribution in [0.4, 0.5) is 0 Å². The molecule has 0 aromatic rings. The molecule has 27 heavy (non-hydrogen) atoms. The standard InChI is InChI=1S/C16H22N2O5.2CH2O/c19-10-2-1-4-13(5-3-11-20)12-17-14(21)8-9-18-15(22)6-7-16(18)23;2*1-2/h6-7,10-11,13H,1-5,8-9,12H2,(H,17,21);2*1H2. The van der Waals surface area contributed by atoms with E-state index >= 15 is 0 Å². The summed E-state index contributed by atoms with van der Waals surface area (Å²) in [6.07, 6.45) is 7.15. The normalized spacial score (nSPS) is 13.0. The molecule has 3 amide bonds. The summed E-state index contributed by atoms with van der Waals surface area (Å²) in [5, 5.41) is 2.76. The maximum absolute atomic E-state index is 11.8. The van der Waals surface area contributed by atoms with Gasteiger partial charge in [0.25, 0.3) is 11.8 Å². The van der Waals surface area contributed by atoms with Crippen molar-refractivity contribution in [2.24, 2.45) is 5.92 Å². The third-order valence-electron chi connectivity index (χ3n) is 3.68. The smallest absolute Gasteiger partial charge is 0.253 e. The number of nitrogens with one attached hydrogen (secondary N) is 1. The molecule has 1 aliphatic rings. The lowest BCUT2D eigenvalue weighted by Gasteiger charge is -2.17. The topological polar surface area (TPSA) is 135 Å². The lowest BCUT2D eigenvalue weighted by molar-refractivity contribution is -0.137. The van der Waals surface area contributed by atoms with Gasteiger partial charge in [-0.15, -0.1) is 0 Å². The molecule has 0 radical (unpaired) electrons. The SMILES string of the molecule is C=O.C=O.O=CCCCC(CCC=O)CNC(=O)CCN1C(=O)C=CC1=O. The number of carbonyl (C=O) groups excluding carboxylic acids is 7. The van der Waals surface area contributed by atoms with Crippen LogP contribution in [0.3, 0.4) is 0 Å². The molecule has 1 N–H and O–H groups in total. The molecule has 0 spiro atoms. The summed E-state index contributed by atoms with van der Waals surface area (Å²) in [4.78, 5) is 72.4. The van der Waals surface area contributed by atoms with Crippen LogP contribution in [0.5, 0.6) is 0 Å². The van der Waals surface area contributed by atoms with Crippen molar-refractivity contribution in [3.8, 4) is 0 Å². The molecular weight excluding hydrogens is 356 g/mol. The second-order valence-electron chi connectivity index (χ2n) is 5.42. The van der Waals surface area contributed by atoms with Crippen LogP contribution in [-0.2, 0) is 33.6 Å². The molecule has 0 aromatic carbocycles. The van der Waals surface area contributed by atoms with E-state index < -0.39 is 11.8 Å². The molecule has 0 aromatic heterocycles. The molecule has 1 aliphatic heterocycles. The highest BCUT2D eigenvalue weighted by atomic mass is 16.2. The zero-order valence-corrected chi connectivity index (χ0v) is 15.3. The fraction of sp³-hybridized carbons (Fsp3) is 0.500. The maximum Gasteiger partial charge on any atom is 0.253 e. The van der Waals surface area contributed by atoms with E-state index in [0.29, 0.717) is 25.8 Å². The number of aldehydes is 2. The Morgan fingerprint density at radius 1 is 1.00 bits per heavy atom. The zero-order valence-electron chi connectivity index (χ0n) is 15.3. The van der Waals surface area contributed by atoms with Crippen molar-refractivity contribution < 1.29 is 33.6 Å². The summed E-state index contributed by atoms with van der Waals surface area (Å²) >= 11 is 0. The van der Waals surface area contributed by atoms with Crippen LogP contribution >= 0.6 is 0 Å². The number of rotatable bonds is 12. The van der Waals surface area contributed by atoms with Gasteiger partial charge in [-0.2, -0.15) is 0 Å². The van der Waals surface area contributed by atoms with Crippen LogP contribution in [0.15, 0.2) is 12.2 Å². The quantitative estimate of drug-likeness (QED) is 0.285. The molecule has 9 nitrogen and oxygen atoms in total. The lowest BCUT2D eigenvalue weighted by atomic mass is 9.97. The van der Waals surface area contributed by atoms with E-state index in [4.69, 9.17) is 9.59 Å². The molecular formula is C18H26N2O7. The third-order valence-corrected chi connectivity index (χ3v) is 3.68. The van der Waals surface area contributed by atoms with Crippen molar-refractivity contribution in [1.29, 1.82) is 0 Å². The first kappa shape index (κ1) is 26.3. The molecule has 1 heterocycles. The number of unbranched alkanes of at least 4 members (excludes halogenated alkanes) is 1. The van der Waals surface area contributed by atoms with Gasteiger partial charge in [-0.05, 0) is 25.2 Å². The highest BCUT2D eigenvalue weighted by Crippen LogP contribution is 2.13. The molecule has 0 fully saturated rings. The zero-order chi connectivity index (χ0) is 21.1. The van der Waals surface area contributed by atoms with E-state index in [2.05, 4.69) is 5.32 Å². The Morgan fingerprint density at radius 3 is 2.07 bits per heavy atom. The van der Waals surface area contributed by atoms with Gasteiger partial charge in [0.2, 0.25) is 5.91 Å². The van der Waals surface area contributed by atoms with Gasteiger partial charge in [0.1, 0.15) is 26.2 Å². The van der Waals surface area contributed by atoms with Crippen molar-refractivity contribution >= 4 is 43.9 Å². The Labute approximate surface area is 158 Å². The molecule has 1 atom stereocenters. The van der Waals surface area contributed by atoms with E-state index in [1.165, 1.54) is 12.2 Å². The fourth-order valence-electron chi connectivity index (χ4n) is 2.35. The Bertz CT molecular complexity index is 500. The first-order valence-corrected chi connectivity index (χ1v) is 8.33. The minimum Gasteiger partial charge on any atom is -0.356 e. The molecule has 0 aliphatic carbocycles. The van der Waals surface area contributed by atoms with Crippen molar-refractivity contribution in [2.45, 2.75) is 38.5 Å². The molecule has 0 saturated carbocycles. The Hall–Kier alpha value is -2.97. The Morgan fingerprint density at radius 2 is 1.56 bits per heavy atom. The largest absolute Gasteiger partial charge is 0.356 e. The first-order chi connectivity index (χ1) is 13.1. The second kappa shape index (κ2) is 17.8. The Kier molecular flexibility index (Phi) is 17.4. The van der Waals surface area contributed by atoms with E-state index in [1.54, 1.807) is 0 Å². The van der Waals surface area contributed by atoms with Gasteiger partial charge in [0.05, 0.1) is 0 Å². The summed E-state index contributed by atoms with van der Waals surface area (Å²) in [5.74, 6) is -0.911. The monoisotopic (exact) mass is 382 g/mol. The van der Waals surface area contributed by atoms with Crippen molar-refractivity contribution in [2.75, 3.05) is 13.1 Å². The molecule has 1 unspecified atom stereocenters. The first-order valence-electron chi connectivity index (χ1n) is 8.33. The van der Waals surface area contributed by atoms with Gasteiger partial charge in [-0.3, -0.25) is 19.3 Å². The van der Waals surface area contributed by atoms with E-state index in [9.17, 15) is 24.0 Å². The van der Waals surface area contributed by atoms with E-state index in [0.717, 1.165) is 30.3 Å². The van der Waals surface area contributed by atoms with Crippen LogP contribution < -0.4 is 5.32 Å². The molecule has 0 bridgehead atoms. The summed E-state index contributed by atoms with van der Waals surface area (Å²) in [5.41, 5.74) is 0. The minimum absolute atomic E-state index is 0.0495. The number of hydrogen-bond donors (Lipinski definition) is 1. The summed E-state index contributed by atoms with van der Waals surface area (Å²) in [7, 11) is 0. The van der Waals surface area contributed by atoms with E-state index in [-0.39, 0.29) is 24.8 Å². The number of hydrogen-bond acceptors (Lipinski definition) is 7. The predicted molar refractivity (Wildman–Crippen MR) is 96.4 cm³/mol. The highest BCUT2D eigenvalue weighted by Gasteiger charge is 2.23. The van der Waals surface area contributed by atoms with Gasteiger partial charge >= 0.3 is 0 Å². The maximum atomic E-state index is 11.8. The average Bonchev–Trinajstić information content (AvgIpc) is 3.02. The third kappa shape index (κ3) is 12.1. The summed E-state index contributed by atoms with van der Waals surface area (Å²) < 4.78 is 0. The average molecular weight is 382 g/mol.